The Morgan fingerprint density at radius 2 is 1.85 bits per heavy atom. The van der Waals surface area contributed by atoms with Crippen LogP contribution < -0.4 is 10.6 Å². The molecule has 3 aromatic rings. The van der Waals surface area contributed by atoms with Gasteiger partial charge in [-0.15, -0.1) is 0 Å². The largest absolute Gasteiger partial charge is 0.465 e. The number of nitrogens with zero attached hydrogens (tertiary/aromatic N) is 2. The van der Waals surface area contributed by atoms with Gasteiger partial charge in [-0.2, -0.15) is 4.98 Å². The first-order valence-corrected chi connectivity index (χ1v) is 8.23. The summed E-state index contributed by atoms with van der Waals surface area (Å²) in [5.74, 6) is 0.813. The topological polar surface area (TPSA) is 76.1 Å². The van der Waals surface area contributed by atoms with Crippen molar-refractivity contribution in [3.05, 3.63) is 77.5 Å². The number of esters is 1. The molecule has 1 aromatic heterocycles. The van der Waals surface area contributed by atoms with Crippen molar-refractivity contribution in [1.29, 1.82) is 0 Å². The van der Waals surface area contributed by atoms with Crippen molar-refractivity contribution < 1.29 is 9.53 Å². The van der Waals surface area contributed by atoms with Crippen LogP contribution in [0.15, 0.2) is 60.7 Å². The van der Waals surface area contributed by atoms with Gasteiger partial charge in [0.05, 0.1) is 12.7 Å². The minimum Gasteiger partial charge on any atom is -0.465 e. The molecule has 2 aromatic carbocycles. The Kier molecular flexibility index (Phi) is 5.43. The number of hydrogen-bond donors (Lipinski definition) is 2. The van der Waals surface area contributed by atoms with Crippen LogP contribution >= 0.6 is 0 Å². The van der Waals surface area contributed by atoms with Crippen LogP contribution in [0.3, 0.4) is 0 Å². The van der Waals surface area contributed by atoms with Crippen molar-refractivity contribution in [2.75, 3.05) is 17.7 Å². The molecule has 6 heteroatoms. The van der Waals surface area contributed by atoms with E-state index in [0.29, 0.717) is 23.9 Å². The van der Waals surface area contributed by atoms with Gasteiger partial charge in [-0.3, -0.25) is 0 Å². The van der Waals surface area contributed by atoms with Crippen molar-refractivity contribution in [2.45, 2.75) is 13.5 Å². The van der Waals surface area contributed by atoms with E-state index in [4.69, 9.17) is 4.74 Å². The normalized spacial score (nSPS) is 10.2. The Labute approximate surface area is 152 Å². The highest BCUT2D eigenvalue weighted by Gasteiger charge is 2.07. The van der Waals surface area contributed by atoms with Crippen LogP contribution in [-0.4, -0.2) is 23.0 Å². The summed E-state index contributed by atoms with van der Waals surface area (Å²) >= 11 is 0. The summed E-state index contributed by atoms with van der Waals surface area (Å²) in [7, 11) is 1.36. The number of aryl methyl sites for hydroxylation is 1. The Morgan fingerprint density at radius 3 is 2.62 bits per heavy atom. The number of methoxy groups -OCH3 is 1. The lowest BCUT2D eigenvalue weighted by atomic mass is 10.2. The van der Waals surface area contributed by atoms with Gasteiger partial charge in [0.15, 0.2) is 0 Å². The molecular weight excluding hydrogens is 328 g/mol. The van der Waals surface area contributed by atoms with E-state index in [1.54, 1.807) is 18.2 Å². The molecule has 0 aliphatic carbocycles. The molecule has 6 nitrogen and oxygen atoms in total. The van der Waals surface area contributed by atoms with Crippen LogP contribution in [0.25, 0.3) is 0 Å². The molecule has 0 unspecified atom stereocenters. The van der Waals surface area contributed by atoms with E-state index in [1.165, 1.54) is 7.11 Å². The second-order valence-electron chi connectivity index (χ2n) is 5.75. The summed E-state index contributed by atoms with van der Waals surface area (Å²) in [4.78, 5) is 20.6. The molecular formula is C20H20N4O2. The first kappa shape index (κ1) is 17.4. The summed E-state index contributed by atoms with van der Waals surface area (Å²) in [6.45, 7) is 2.55. The van der Waals surface area contributed by atoms with Gasteiger partial charge in [-0.1, -0.05) is 36.4 Å². The fourth-order valence-corrected chi connectivity index (χ4v) is 2.48. The minimum absolute atomic E-state index is 0.377. The lowest BCUT2D eigenvalue weighted by Crippen LogP contribution is -2.06. The lowest BCUT2D eigenvalue weighted by Gasteiger charge is -2.11. The number of carbonyl (C=O) groups is 1. The third kappa shape index (κ3) is 4.57. The molecule has 0 bridgehead atoms. The number of aromatic nitrogens is 2. The minimum atomic E-state index is -0.377. The van der Waals surface area contributed by atoms with Gasteiger partial charge in [0.2, 0.25) is 5.95 Å². The van der Waals surface area contributed by atoms with E-state index in [9.17, 15) is 4.79 Å². The molecule has 0 radical (unpaired) electrons. The van der Waals surface area contributed by atoms with Crippen LogP contribution in [0.2, 0.25) is 0 Å². The van der Waals surface area contributed by atoms with Gasteiger partial charge < -0.3 is 15.4 Å². The first-order chi connectivity index (χ1) is 12.6. The first-order valence-electron chi connectivity index (χ1n) is 8.23. The van der Waals surface area contributed by atoms with Gasteiger partial charge in [0.1, 0.15) is 5.82 Å². The number of benzene rings is 2. The van der Waals surface area contributed by atoms with E-state index in [2.05, 4.69) is 20.6 Å². The fourth-order valence-electron chi connectivity index (χ4n) is 2.48. The maximum Gasteiger partial charge on any atom is 0.337 e. The Morgan fingerprint density at radius 1 is 1.04 bits per heavy atom. The maximum absolute atomic E-state index is 11.7. The Bertz CT molecular complexity index is 897. The predicted molar refractivity (Wildman–Crippen MR) is 102 cm³/mol. The Balaban J connectivity index is 1.74. The van der Waals surface area contributed by atoms with Crippen LogP contribution in [-0.2, 0) is 11.3 Å². The molecule has 0 saturated carbocycles. The molecule has 132 valence electrons. The molecule has 0 aliphatic heterocycles. The van der Waals surface area contributed by atoms with Crippen LogP contribution in [0, 0.1) is 6.92 Å². The van der Waals surface area contributed by atoms with E-state index in [0.717, 1.165) is 16.9 Å². The standard InChI is InChI=1S/C20H20N4O2/c1-14-11-18(23-17-10-6-9-16(12-17)19(25)26-2)24-20(22-14)21-13-15-7-4-3-5-8-15/h3-12H,13H2,1-2H3,(H2,21,22,23,24). The molecule has 0 amide bonds. The third-order valence-corrected chi connectivity index (χ3v) is 3.70. The summed E-state index contributed by atoms with van der Waals surface area (Å²) in [6.07, 6.45) is 0. The van der Waals surface area contributed by atoms with Crippen molar-refractivity contribution >= 4 is 23.4 Å². The van der Waals surface area contributed by atoms with Gasteiger partial charge in [-0.05, 0) is 30.7 Å². The molecule has 0 saturated heterocycles. The Hall–Kier alpha value is -3.41. The summed E-state index contributed by atoms with van der Waals surface area (Å²) < 4.78 is 4.75. The molecule has 0 aliphatic rings. The molecule has 0 spiro atoms. The molecule has 0 atom stereocenters. The van der Waals surface area contributed by atoms with Crippen molar-refractivity contribution in [3.63, 3.8) is 0 Å². The average molecular weight is 348 g/mol. The average Bonchev–Trinajstić information content (AvgIpc) is 2.66. The van der Waals surface area contributed by atoms with E-state index >= 15 is 0 Å². The van der Waals surface area contributed by atoms with Crippen molar-refractivity contribution in [2.24, 2.45) is 0 Å². The highest BCUT2D eigenvalue weighted by Crippen LogP contribution is 2.18. The lowest BCUT2D eigenvalue weighted by molar-refractivity contribution is 0.0601. The second-order valence-corrected chi connectivity index (χ2v) is 5.75. The summed E-state index contributed by atoms with van der Waals surface area (Å²) in [5.41, 5.74) is 3.21. The van der Waals surface area contributed by atoms with E-state index < -0.39 is 0 Å². The van der Waals surface area contributed by atoms with Gasteiger partial charge in [-0.25, -0.2) is 9.78 Å². The number of ether oxygens (including phenoxy) is 1. The summed E-state index contributed by atoms with van der Waals surface area (Å²) in [5, 5.41) is 6.43. The monoisotopic (exact) mass is 348 g/mol. The molecule has 1 heterocycles. The molecule has 26 heavy (non-hydrogen) atoms. The van der Waals surface area contributed by atoms with E-state index in [-0.39, 0.29) is 5.97 Å². The zero-order valence-corrected chi connectivity index (χ0v) is 14.7. The highest BCUT2D eigenvalue weighted by atomic mass is 16.5. The highest BCUT2D eigenvalue weighted by molar-refractivity contribution is 5.90. The number of anilines is 3. The third-order valence-electron chi connectivity index (χ3n) is 3.70. The number of rotatable bonds is 6. The van der Waals surface area contributed by atoms with Crippen LogP contribution in [0.5, 0.6) is 0 Å². The van der Waals surface area contributed by atoms with Gasteiger partial charge in [0, 0.05) is 24.0 Å². The van der Waals surface area contributed by atoms with Crippen molar-refractivity contribution in [1.82, 2.24) is 9.97 Å². The molecule has 3 rings (SSSR count). The number of nitrogens with one attached hydrogen (secondary N) is 2. The molecule has 2 N–H and O–H groups in total. The molecule has 0 fully saturated rings. The van der Waals surface area contributed by atoms with E-state index in [1.807, 2.05) is 49.4 Å². The van der Waals surface area contributed by atoms with Crippen LogP contribution in [0.4, 0.5) is 17.5 Å². The zero-order chi connectivity index (χ0) is 18.4. The number of hydrogen-bond acceptors (Lipinski definition) is 6. The maximum atomic E-state index is 11.7. The van der Waals surface area contributed by atoms with Crippen LogP contribution in [0.1, 0.15) is 21.6 Å². The SMILES string of the molecule is COC(=O)c1cccc(Nc2cc(C)nc(NCc3ccccc3)n2)c1. The van der Waals surface area contributed by atoms with Gasteiger partial charge in [0.25, 0.3) is 0 Å². The summed E-state index contributed by atoms with van der Waals surface area (Å²) in [6, 6.07) is 19.0. The second kappa shape index (κ2) is 8.11. The smallest absolute Gasteiger partial charge is 0.337 e. The fraction of sp³-hybridized carbons (Fsp3) is 0.150. The predicted octanol–water partition coefficient (Wildman–Crippen LogP) is 3.93. The van der Waals surface area contributed by atoms with Gasteiger partial charge >= 0.3 is 5.97 Å². The van der Waals surface area contributed by atoms with Crippen molar-refractivity contribution in [3.8, 4) is 0 Å². The number of carbonyl (C=O) groups excluding carboxylic acids is 1. The quantitative estimate of drug-likeness (QED) is 0.658. The zero-order valence-electron chi connectivity index (χ0n) is 14.7.